The van der Waals surface area contributed by atoms with Crippen LogP contribution in [0.2, 0.25) is 0 Å². The van der Waals surface area contributed by atoms with E-state index in [2.05, 4.69) is 19.1 Å². The normalized spacial score (nSPS) is 11.9. The van der Waals surface area contributed by atoms with Crippen LogP contribution in [0.4, 0.5) is 0 Å². The first kappa shape index (κ1) is 23.4. The largest absolute Gasteiger partial charge is 0.396 e. The van der Waals surface area contributed by atoms with Gasteiger partial charge < -0.3 is 5.11 Å². The lowest BCUT2D eigenvalue weighted by atomic mass is 10.0. The molecule has 0 aliphatic heterocycles. The van der Waals surface area contributed by atoms with Crippen LogP contribution in [-0.4, -0.2) is 11.7 Å². The van der Waals surface area contributed by atoms with Crippen LogP contribution in [0.15, 0.2) is 24.3 Å². The minimum absolute atomic E-state index is 0.253. The van der Waals surface area contributed by atoms with Crippen molar-refractivity contribution in [3.8, 4) is 0 Å². The highest BCUT2D eigenvalue weighted by molar-refractivity contribution is 5.02. The summed E-state index contributed by atoms with van der Waals surface area (Å²) >= 11 is 0. The maximum atomic E-state index is 8.64. The molecule has 0 atom stereocenters. The van der Waals surface area contributed by atoms with Gasteiger partial charge in [0.05, 0.1) is 0 Å². The molecule has 0 rings (SSSR count). The molecular weight excluding hydrogens is 292 g/mol. The van der Waals surface area contributed by atoms with Crippen LogP contribution >= 0.6 is 0 Å². The lowest BCUT2D eigenvalue weighted by Gasteiger charge is -2.03. The van der Waals surface area contributed by atoms with Gasteiger partial charge in [-0.3, -0.25) is 0 Å². The van der Waals surface area contributed by atoms with E-state index in [4.69, 9.17) is 5.11 Å². The summed E-state index contributed by atoms with van der Waals surface area (Å²) in [4.78, 5) is 0. The number of aliphatic hydroxyl groups is 1. The molecule has 0 radical (unpaired) electrons. The highest BCUT2D eigenvalue weighted by Crippen LogP contribution is 2.13. The fraction of sp³-hybridized carbons (Fsp3) is 0.826. The van der Waals surface area contributed by atoms with E-state index in [-0.39, 0.29) is 6.61 Å². The average molecular weight is 337 g/mol. The summed E-state index contributed by atoms with van der Waals surface area (Å²) in [6.07, 6.45) is 31.8. The number of aliphatic hydroxyl groups excluding tert-OH is 1. The van der Waals surface area contributed by atoms with Crippen molar-refractivity contribution in [1.82, 2.24) is 0 Å². The SMILES string of the molecule is CCCCCCCCCCCCCCCCCC=CC=CCCO. The third kappa shape index (κ3) is 21.4. The average Bonchev–Trinajstić information content (AvgIpc) is 2.60. The predicted octanol–water partition coefficient (Wildman–Crippen LogP) is 7.74. The van der Waals surface area contributed by atoms with Gasteiger partial charge in [-0.1, -0.05) is 121 Å². The summed E-state index contributed by atoms with van der Waals surface area (Å²) in [7, 11) is 0. The van der Waals surface area contributed by atoms with Gasteiger partial charge in [-0.05, 0) is 19.3 Å². The maximum Gasteiger partial charge on any atom is 0.0465 e. The Bertz CT molecular complexity index is 267. The maximum absolute atomic E-state index is 8.64. The minimum Gasteiger partial charge on any atom is -0.396 e. The Kier molecular flexibility index (Phi) is 21.9. The van der Waals surface area contributed by atoms with Gasteiger partial charge >= 0.3 is 0 Å². The molecule has 0 fully saturated rings. The Balaban J connectivity index is 3.05. The van der Waals surface area contributed by atoms with E-state index in [1.165, 1.54) is 103 Å². The predicted molar refractivity (Wildman–Crippen MR) is 110 cm³/mol. The van der Waals surface area contributed by atoms with Crippen LogP contribution in [-0.2, 0) is 0 Å². The zero-order valence-electron chi connectivity index (χ0n) is 16.5. The molecule has 0 bridgehead atoms. The molecule has 1 heteroatoms. The van der Waals surface area contributed by atoms with Gasteiger partial charge in [0, 0.05) is 6.61 Å². The van der Waals surface area contributed by atoms with Crippen molar-refractivity contribution in [1.29, 1.82) is 0 Å². The second-order valence-corrected chi connectivity index (χ2v) is 7.11. The van der Waals surface area contributed by atoms with E-state index >= 15 is 0 Å². The molecule has 0 unspecified atom stereocenters. The van der Waals surface area contributed by atoms with Crippen molar-refractivity contribution < 1.29 is 5.11 Å². The van der Waals surface area contributed by atoms with Crippen LogP contribution in [0.3, 0.4) is 0 Å². The van der Waals surface area contributed by atoms with Gasteiger partial charge in [-0.25, -0.2) is 0 Å². The van der Waals surface area contributed by atoms with Crippen molar-refractivity contribution in [2.75, 3.05) is 6.61 Å². The van der Waals surface area contributed by atoms with Gasteiger partial charge in [0.15, 0.2) is 0 Å². The molecule has 0 aromatic heterocycles. The molecule has 1 nitrogen and oxygen atoms in total. The molecule has 0 aromatic carbocycles. The smallest absolute Gasteiger partial charge is 0.0465 e. The molecular formula is C23H44O. The quantitative estimate of drug-likeness (QED) is 0.189. The van der Waals surface area contributed by atoms with E-state index in [0.717, 1.165) is 6.42 Å². The van der Waals surface area contributed by atoms with Crippen molar-refractivity contribution in [2.45, 2.75) is 116 Å². The molecule has 1 N–H and O–H groups in total. The molecule has 0 aliphatic carbocycles. The van der Waals surface area contributed by atoms with E-state index in [1.54, 1.807) is 0 Å². The van der Waals surface area contributed by atoms with Crippen LogP contribution in [0.1, 0.15) is 116 Å². The van der Waals surface area contributed by atoms with Gasteiger partial charge in [0.1, 0.15) is 0 Å². The van der Waals surface area contributed by atoms with Crippen LogP contribution < -0.4 is 0 Å². The van der Waals surface area contributed by atoms with E-state index in [9.17, 15) is 0 Å². The second kappa shape index (κ2) is 22.4. The van der Waals surface area contributed by atoms with E-state index in [1.807, 2.05) is 12.2 Å². The molecule has 0 aliphatic rings. The van der Waals surface area contributed by atoms with Crippen LogP contribution in [0.5, 0.6) is 0 Å². The molecule has 24 heavy (non-hydrogen) atoms. The third-order valence-corrected chi connectivity index (χ3v) is 4.65. The Labute approximate surface area is 152 Å². The fourth-order valence-corrected chi connectivity index (χ4v) is 3.06. The summed E-state index contributed by atoms with van der Waals surface area (Å²) in [6, 6.07) is 0. The molecule has 0 saturated heterocycles. The van der Waals surface area contributed by atoms with E-state index in [0.29, 0.717) is 0 Å². The summed E-state index contributed by atoms with van der Waals surface area (Å²) in [6.45, 7) is 2.54. The standard InChI is InChI=1S/C23H44O/c1-2-3-4-5-6-7-8-9-10-11-12-13-14-15-16-17-18-19-20-21-22-23-24/h18-21,24H,2-17,22-23H2,1H3. The topological polar surface area (TPSA) is 20.2 Å². The van der Waals surface area contributed by atoms with Gasteiger partial charge in [0.25, 0.3) is 0 Å². The lowest BCUT2D eigenvalue weighted by Crippen LogP contribution is -1.83. The monoisotopic (exact) mass is 336 g/mol. The van der Waals surface area contributed by atoms with Crippen molar-refractivity contribution in [3.05, 3.63) is 24.3 Å². The summed E-state index contributed by atoms with van der Waals surface area (Å²) in [5.41, 5.74) is 0. The molecule has 0 saturated carbocycles. The number of unbranched alkanes of at least 4 members (excludes halogenated alkanes) is 15. The first-order valence-electron chi connectivity index (χ1n) is 10.8. The van der Waals surface area contributed by atoms with Crippen molar-refractivity contribution in [2.24, 2.45) is 0 Å². The lowest BCUT2D eigenvalue weighted by molar-refractivity contribution is 0.302. The fourth-order valence-electron chi connectivity index (χ4n) is 3.06. The zero-order chi connectivity index (χ0) is 17.6. The summed E-state index contributed by atoms with van der Waals surface area (Å²) < 4.78 is 0. The third-order valence-electron chi connectivity index (χ3n) is 4.65. The Hall–Kier alpha value is -0.560. The van der Waals surface area contributed by atoms with Crippen molar-refractivity contribution >= 4 is 0 Å². The Morgan fingerprint density at radius 3 is 1.29 bits per heavy atom. The van der Waals surface area contributed by atoms with Crippen molar-refractivity contribution in [3.63, 3.8) is 0 Å². The zero-order valence-corrected chi connectivity index (χ0v) is 16.5. The van der Waals surface area contributed by atoms with E-state index < -0.39 is 0 Å². The highest BCUT2D eigenvalue weighted by Gasteiger charge is 1.94. The number of hydrogen-bond donors (Lipinski definition) is 1. The minimum atomic E-state index is 0.253. The van der Waals surface area contributed by atoms with Gasteiger partial charge in [-0.15, -0.1) is 0 Å². The first-order valence-corrected chi connectivity index (χ1v) is 10.8. The van der Waals surface area contributed by atoms with Crippen LogP contribution in [0, 0.1) is 0 Å². The number of hydrogen-bond acceptors (Lipinski definition) is 1. The first-order chi connectivity index (χ1) is 11.9. The van der Waals surface area contributed by atoms with Gasteiger partial charge in [0.2, 0.25) is 0 Å². The number of allylic oxidation sites excluding steroid dienone is 3. The highest BCUT2D eigenvalue weighted by atomic mass is 16.2. The Morgan fingerprint density at radius 2 is 0.875 bits per heavy atom. The summed E-state index contributed by atoms with van der Waals surface area (Å²) in [5, 5.41) is 8.64. The van der Waals surface area contributed by atoms with Crippen LogP contribution in [0.25, 0.3) is 0 Å². The number of rotatable bonds is 19. The molecule has 0 aromatic rings. The molecule has 142 valence electrons. The van der Waals surface area contributed by atoms with Gasteiger partial charge in [-0.2, -0.15) is 0 Å². The molecule has 0 spiro atoms. The Morgan fingerprint density at radius 1 is 0.500 bits per heavy atom. The second-order valence-electron chi connectivity index (χ2n) is 7.11. The summed E-state index contributed by atoms with van der Waals surface area (Å²) in [5.74, 6) is 0. The molecule has 0 amide bonds. The molecule has 0 heterocycles.